The number of halogens is 1. The molecule has 0 aromatic carbocycles. The Balaban J connectivity index is 0. The first-order valence-corrected chi connectivity index (χ1v) is 3.75. The summed E-state index contributed by atoms with van der Waals surface area (Å²) < 4.78 is 0. The van der Waals surface area contributed by atoms with E-state index < -0.39 is 5.97 Å². The van der Waals surface area contributed by atoms with Crippen LogP contribution >= 0.6 is 15.9 Å². The predicted molar refractivity (Wildman–Crippen MR) is 46.4 cm³/mol. The van der Waals surface area contributed by atoms with E-state index in [-0.39, 0.29) is 0 Å². The Hall–Kier alpha value is -0.570. The fraction of sp³-hybridized carbons (Fsp3) is 0.286. The van der Waals surface area contributed by atoms with Gasteiger partial charge in [-0.3, -0.25) is 0 Å². The molecule has 0 amide bonds. The molecule has 0 heterocycles. The molecule has 0 spiro atoms. The summed E-state index contributed by atoms with van der Waals surface area (Å²) in [6.07, 6.45) is 1.18. The molecule has 0 aromatic heterocycles. The zero-order valence-corrected chi connectivity index (χ0v) is 7.52. The van der Waals surface area contributed by atoms with Gasteiger partial charge in [-0.2, -0.15) is 0 Å². The summed E-state index contributed by atoms with van der Waals surface area (Å²) in [5.74, 6) is -0.887. The van der Waals surface area contributed by atoms with Crippen LogP contribution in [0.25, 0.3) is 0 Å². The number of rotatable bonds is 2. The van der Waals surface area contributed by atoms with E-state index in [4.69, 9.17) is 5.11 Å². The molecule has 10 heavy (non-hydrogen) atoms. The third-order valence-corrected chi connectivity index (χ3v) is 1.47. The lowest BCUT2D eigenvalue weighted by Crippen LogP contribution is -1.89. The molecule has 0 atom stereocenters. The Morgan fingerprint density at radius 2 is 2.10 bits per heavy atom. The predicted octanol–water partition coefficient (Wildman–Crippen LogP) is 2.21. The van der Waals surface area contributed by atoms with Crippen molar-refractivity contribution in [1.29, 1.82) is 0 Å². The minimum Gasteiger partial charge on any atom is -0.478 e. The second-order valence-corrected chi connectivity index (χ2v) is 2.02. The number of hydrogen-bond acceptors (Lipinski definition) is 1. The monoisotopic (exact) mass is 206 g/mol. The van der Waals surface area contributed by atoms with Crippen molar-refractivity contribution >= 4 is 21.9 Å². The van der Waals surface area contributed by atoms with Crippen LogP contribution in [0, 0.1) is 0 Å². The lowest BCUT2D eigenvalue weighted by Gasteiger charge is -1.86. The molecule has 0 saturated carbocycles. The van der Waals surface area contributed by atoms with Crippen LogP contribution in [0.5, 0.6) is 0 Å². The highest BCUT2D eigenvalue weighted by molar-refractivity contribution is 9.09. The minimum atomic E-state index is -0.887. The molecule has 0 aliphatic heterocycles. The van der Waals surface area contributed by atoms with E-state index in [1.54, 1.807) is 6.92 Å². The van der Waals surface area contributed by atoms with Crippen LogP contribution < -0.4 is 0 Å². The van der Waals surface area contributed by atoms with Crippen LogP contribution in [0.15, 0.2) is 24.8 Å². The highest BCUT2D eigenvalue weighted by atomic mass is 79.9. The van der Waals surface area contributed by atoms with E-state index in [2.05, 4.69) is 29.1 Å². The summed E-state index contributed by atoms with van der Waals surface area (Å²) >= 11 is 3.11. The van der Waals surface area contributed by atoms with Crippen LogP contribution in [0.4, 0.5) is 0 Å². The third-order valence-electron chi connectivity index (χ3n) is 0.581. The minimum absolute atomic E-state index is 0.624. The van der Waals surface area contributed by atoms with Crippen molar-refractivity contribution in [2.45, 2.75) is 6.92 Å². The number of carbonyl (C=O) groups is 1. The van der Waals surface area contributed by atoms with Crippen LogP contribution in [0.3, 0.4) is 0 Å². The van der Waals surface area contributed by atoms with Gasteiger partial charge in [-0.1, -0.05) is 21.5 Å². The number of hydrogen-bond donors (Lipinski definition) is 1. The van der Waals surface area contributed by atoms with Gasteiger partial charge in [-0.25, -0.2) is 4.79 Å². The van der Waals surface area contributed by atoms with Crippen molar-refractivity contribution in [2.75, 3.05) is 5.33 Å². The van der Waals surface area contributed by atoms with Crippen LogP contribution in [0.1, 0.15) is 6.92 Å². The lowest BCUT2D eigenvalue weighted by atomic mass is 10.3. The maximum absolute atomic E-state index is 9.87. The average Bonchev–Trinajstić information content (AvgIpc) is 1.91. The van der Waals surface area contributed by atoms with Crippen LogP contribution in [-0.2, 0) is 4.79 Å². The van der Waals surface area contributed by atoms with E-state index >= 15 is 0 Å². The van der Waals surface area contributed by atoms with Gasteiger partial charge in [0.25, 0.3) is 0 Å². The largest absolute Gasteiger partial charge is 0.478 e. The number of alkyl halides is 1. The normalized spacial score (nSPS) is 9.60. The zero-order valence-electron chi connectivity index (χ0n) is 5.93. The highest BCUT2D eigenvalue weighted by Gasteiger charge is 1.88. The molecule has 3 heteroatoms. The van der Waals surface area contributed by atoms with Gasteiger partial charge >= 0.3 is 5.97 Å². The summed E-state index contributed by atoms with van der Waals surface area (Å²) in [6.45, 7) is 7.75. The smallest absolute Gasteiger partial charge is 0.328 e. The Morgan fingerprint density at radius 3 is 2.20 bits per heavy atom. The molecule has 0 saturated heterocycles. The standard InChI is InChI=1S/C5H7BrO2.C2H4/c1-4(3-6)2-5(7)8;1-2/h2H,3H2,1H3,(H,7,8);1-2H2/b4-2-;. The van der Waals surface area contributed by atoms with Crippen LogP contribution in [0.2, 0.25) is 0 Å². The van der Waals surface area contributed by atoms with Crippen molar-refractivity contribution in [3.63, 3.8) is 0 Å². The fourth-order valence-electron chi connectivity index (χ4n) is 0.249. The van der Waals surface area contributed by atoms with Gasteiger partial charge in [0.05, 0.1) is 0 Å². The molecule has 0 bridgehead atoms. The summed E-state index contributed by atoms with van der Waals surface area (Å²) in [4.78, 5) is 9.87. The van der Waals surface area contributed by atoms with Gasteiger partial charge in [0.15, 0.2) is 0 Å². The molecular weight excluding hydrogens is 196 g/mol. The Labute approximate surface area is 69.4 Å². The van der Waals surface area contributed by atoms with E-state index in [9.17, 15) is 4.79 Å². The highest BCUT2D eigenvalue weighted by Crippen LogP contribution is 1.95. The van der Waals surface area contributed by atoms with Gasteiger partial charge in [0.1, 0.15) is 0 Å². The molecule has 58 valence electrons. The summed E-state index contributed by atoms with van der Waals surface area (Å²) in [5.41, 5.74) is 0.817. The second-order valence-electron chi connectivity index (χ2n) is 1.46. The first-order chi connectivity index (χ1) is 4.66. The summed E-state index contributed by atoms with van der Waals surface area (Å²) in [6, 6.07) is 0. The van der Waals surface area contributed by atoms with Crippen molar-refractivity contribution < 1.29 is 9.90 Å². The van der Waals surface area contributed by atoms with Gasteiger partial charge in [-0.05, 0) is 6.92 Å². The Morgan fingerprint density at radius 1 is 1.70 bits per heavy atom. The van der Waals surface area contributed by atoms with Crippen molar-refractivity contribution in [2.24, 2.45) is 0 Å². The van der Waals surface area contributed by atoms with E-state index in [0.717, 1.165) is 5.57 Å². The number of allylic oxidation sites excluding steroid dienone is 1. The maximum Gasteiger partial charge on any atom is 0.328 e. The average molecular weight is 207 g/mol. The topological polar surface area (TPSA) is 37.3 Å². The van der Waals surface area contributed by atoms with E-state index in [1.807, 2.05) is 0 Å². The first kappa shape index (κ1) is 12.1. The van der Waals surface area contributed by atoms with Gasteiger partial charge in [-0.15, -0.1) is 13.2 Å². The SMILES string of the molecule is C/C(=C/C(=O)O)CBr.C=C. The number of carboxylic acid groups (broad SMARTS) is 1. The lowest BCUT2D eigenvalue weighted by molar-refractivity contribution is -0.131. The molecule has 0 aliphatic carbocycles. The molecule has 2 nitrogen and oxygen atoms in total. The molecular formula is C7H11BrO2. The van der Waals surface area contributed by atoms with Crippen molar-refractivity contribution in [1.82, 2.24) is 0 Å². The quantitative estimate of drug-likeness (QED) is 0.428. The fourth-order valence-corrected chi connectivity index (χ4v) is 0.411. The van der Waals surface area contributed by atoms with Crippen LogP contribution in [-0.4, -0.2) is 16.4 Å². The molecule has 0 rings (SSSR count). The molecule has 0 radical (unpaired) electrons. The molecule has 0 fully saturated rings. The molecule has 1 N–H and O–H groups in total. The number of carboxylic acids is 1. The van der Waals surface area contributed by atoms with Gasteiger partial charge < -0.3 is 5.11 Å². The Bertz CT molecular complexity index is 130. The molecule has 0 aliphatic rings. The summed E-state index contributed by atoms with van der Waals surface area (Å²) in [7, 11) is 0. The van der Waals surface area contributed by atoms with E-state index in [1.165, 1.54) is 6.08 Å². The number of aliphatic carboxylic acids is 1. The van der Waals surface area contributed by atoms with Crippen molar-refractivity contribution in [3.05, 3.63) is 24.8 Å². The van der Waals surface area contributed by atoms with Crippen molar-refractivity contribution in [3.8, 4) is 0 Å². The summed E-state index contributed by atoms with van der Waals surface area (Å²) in [5, 5.41) is 8.74. The van der Waals surface area contributed by atoms with Gasteiger partial charge in [0, 0.05) is 11.4 Å². The zero-order chi connectivity index (χ0) is 8.57. The maximum atomic E-state index is 9.87. The first-order valence-electron chi connectivity index (χ1n) is 2.63. The van der Waals surface area contributed by atoms with E-state index in [0.29, 0.717) is 5.33 Å². The third kappa shape index (κ3) is 10.4. The second kappa shape index (κ2) is 8.43. The molecule has 0 unspecified atom stereocenters. The van der Waals surface area contributed by atoms with Gasteiger partial charge in [0.2, 0.25) is 0 Å². The Kier molecular flexibility index (Phi) is 10.2. The molecule has 0 aromatic rings.